The molecule has 0 aliphatic carbocycles. The first-order chi connectivity index (χ1) is 15.0. The van der Waals surface area contributed by atoms with Gasteiger partial charge in [0.25, 0.3) is 11.7 Å². The number of rotatable bonds is 6. The number of hydrogen-bond donors (Lipinski definition) is 1. The molecule has 1 unspecified atom stereocenters. The second-order valence-corrected chi connectivity index (χ2v) is 8.41. The van der Waals surface area contributed by atoms with Crippen LogP contribution in [0.4, 0.5) is 0 Å². The second kappa shape index (κ2) is 8.78. The van der Waals surface area contributed by atoms with E-state index in [1.807, 2.05) is 55.6 Å². The molecular weight excluding hydrogens is 410 g/mol. The van der Waals surface area contributed by atoms with E-state index in [1.165, 1.54) is 11.3 Å². The lowest BCUT2D eigenvalue weighted by molar-refractivity contribution is -0.140. The van der Waals surface area contributed by atoms with Gasteiger partial charge in [0.05, 0.1) is 24.8 Å². The van der Waals surface area contributed by atoms with Gasteiger partial charge in [0.2, 0.25) is 0 Å². The number of nitrogens with zero attached hydrogens (tertiary/aromatic N) is 1. The van der Waals surface area contributed by atoms with Crippen LogP contribution in [0.3, 0.4) is 0 Å². The molecule has 0 radical (unpaired) electrons. The van der Waals surface area contributed by atoms with Crippen molar-refractivity contribution < 1.29 is 19.4 Å². The maximum Gasteiger partial charge on any atom is 0.295 e. The van der Waals surface area contributed by atoms with Crippen LogP contribution < -0.4 is 4.74 Å². The average Bonchev–Trinajstić information content (AvgIpc) is 3.37. The summed E-state index contributed by atoms with van der Waals surface area (Å²) in [6.07, 6.45) is 0. The van der Waals surface area contributed by atoms with E-state index >= 15 is 0 Å². The third-order valence-corrected chi connectivity index (χ3v) is 6.14. The average molecular weight is 434 g/mol. The monoisotopic (exact) mass is 433 g/mol. The predicted molar refractivity (Wildman–Crippen MR) is 121 cm³/mol. The topological polar surface area (TPSA) is 66.8 Å². The number of Topliss-reactive ketones (excluding diaryl/α,β-unsaturated/α-hetero) is 1. The number of ketones is 1. The molecule has 1 fully saturated rings. The maximum atomic E-state index is 13.0. The number of thiophene rings is 1. The fourth-order valence-corrected chi connectivity index (χ4v) is 4.44. The zero-order valence-corrected chi connectivity index (χ0v) is 18.2. The van der Waals surface area contributed by atoms with Gasteiger partial charge in [-0.15, -0.1) is 11.3 Å². The van der Waals surface area contributed by atoms with Crippen LogP contribution in [0.2, 0.25) is 0 Å². The molecule has 6 heteroatoms. The molecule has 0 saturated carbocycles. The SMILES string of the molecule is CCOc1ccc(/C(O)=C2\C(=O)C(=O)N(Cc3cccs3)C2c2ccc(C)cc2)cc1. The van der Waals surface area contributed by atoms with E-state index in [4.69, 9.17) is 4.74 Å². The molecule has 1 atom stereocenters. The summed E-state index contributed by atoms with van der Waals surface area (Å²) in [5, 5.41) is 13.0. The van der Waals surface area contributed by atoms with Crippen molar-refractivity contribution >= 4 is 28.8 Å². The minimum atomic E-state index is -0.673. The third-order valence-electron chi connectivity index (χ3n) is 5.28. The summed E-state index contributed by atoms with van der Waals surface area (Å²) >= 11 is 1.53. The van der Waals surface area contributed by atoms with E-state index in [-0.39, 0.29) is 11.3 Å². The van der Waals surface area contributed by atoms with Crippen molar-refractivity contribution in [3.05, 3.63) is 93.2 Å². The number of amides is 1. The summed E-state index contributed by atoms with van der Waals surface area (Å²) in [7, 11) is 0. The van der Waals surface area contributed by atoms with Crippen LogP contribution in [-0.4, -0.2) is 28.3 Å². The van der Waals surface area contributed by atoms with E-state index in [0.29, 0.717) is 24.5 Å². The summed E-state index contributed by atoms with van der Waals surface area (Å²) in [5.41, 5.74) is 2.43. The Labute approximate surface area is 185 Å². The number of aliphatic hydroxyl groups is 1. The standard InChI is InChI=1S/C25H23NO4S/c1-3-30-19-12-10-18(11-13-19)23(27)21-22(17-8-6-16(2)7-9-17)26(25(29)24(21)28)15-20-5-4-14-31-20/h4-14,22,27H,3,15H2,1-2H3/b23-21+. The molecule has 1 aliphatic rings. The van der Waals surface area contributed by atoms with Gasteiger partial charge in [-0.05, 0) is 55.1 Å². The van der Waals surface area contributed by atoms with Gasteiger partial charge in [-0.25, -0.2) is 0 Å². The molecule has 5 nitrogen and oxygen atoms in total. The first kappa shape index (κ1) is 20.9. The number of likely N-dealkylation sites (tertiary alicyclic amines) is 1. The van der Waals surface area contributed by atoms with E-state index in [9.17, 15) is 14.7 Å². The predicted octanol–water partition coefficient (Wildman–Crippen LogP) is 5.08. The Morgan fingerprint density at radius 2 is 1.77 bits per heavy atom. The van der Waals surface area contributed by atoms with Crippen LogP contribution in [-0.2, 0) is 16.1 Å². The normalized spacial score (nSPS) is 17.9. The molecular formula is C25H23NO4S. The molecule has 1 saturated heterocycles. The van der Waals surface area contributed by atoms with Gasteiger partial charge in [0.1, 0.15) is 11.5 Å². The quantitative estimate of drug-likeness (QED) is 0.335. The molecule has 2 aromatic carbocycles. The van der Waals surface area contributed by atoms with Crippen molar-refractivity contribution in [3.63, 3.8) is 0 Å². The smallest absolute Gasteiger partial charge is 0.295 e. The molecule has 1 aromatic heterocycles. The summed E-state index contributed by atoms with van der Waals surface area (Å²) in [5.74, 6) is -0.784. The van der Waals surface area contributed by atoms with Crippen molar-refractivity contribution in [3.8, 4) is 5.75 Å². The molecule has 31 heavy (non-hydrogen) atoms. The molecule has 3 aromatic rings. The lowest BCUT2D eigenvalue weighted by Gasteiger charge is -2.25. The Morgan fingerprint density at radius 3 is 2.39 bits per heavy atom. The summed E-state index contributed by atoms with van der Waals surface area (Å²) in [6, 6.07) is 17.7. The molecule has 0 bridgehead atoms. The van der Waals surface area contributed by atoms with Crippen LogP contribution in [0.5, 0.6) is 5.75 Å². The van der Waals surface area contributed by atoms with Gasteiger partial charge in [-0.3, -0.25) is 9.59 Å². The maximum absolute atomic E-state index is 13.0. The van der Waals surface area contributed by atoms with Gasteiger partial charge in [-0.2, -0.15) is 0 Å². The van der Waals surface area contributed by atoms with Crippen LogP contribution in [0.15, 0.2) is 71.6 Å². The summed E-state index contributed by atoms with van der Waals surface area (Å²) in [4.78, 5) is 28.5. The number of carbonyl (C=O) groups is 2. The van der Waals surface area contributed by atoms with E-state index < -0.39 is 17.7 Å². The van der Waals surface area contributed by atoms with Crippen LogP contribution >= 0.6 is 11.3 Å². The van der Waals surface area contributed by atoms with Gasteiger partial charge in [0.15, 0.2) is 0 Å². The van der Waals surface area contributed by atoms with Crippen molar-refractivity contribution in [2.45, 2.75) is 26.4 Å². The number of aliphatic hydroxyl groups excluding tert-OH is 1. The lowest BCUT2D eigenvalue weighted by Crippen LogP contribution is -2.28. The van der Waals surface area contributed by atoms with Crippen molar-refractivity contribution in [1.29, 1.82) is 0 Å². The van der Waals surface area contributed by atoms with E-state index in [1.54, 1.807) is 29.2 Å². The van der Waals surface area contributed by atoms with Crippen LogP contribution in [0, 0.1) is 6.92 Å². The Hall–Kier alpha value is -3.38. The fourth-order valence-electron chi connectivity index (χ4n) is 3.74. The van der Waals surface area contributed by atoms with Crippen molar-refractivity contribution in [1.82, 2.24) is 4.90 Å². The Balaban J connectivity index is 1.81. The van der Waals surface area contributed by atoms with Crippen LogP contribution in [0.1, 0.15) is 34.5 Å². The zero-order chi connectivity index (χ0) is 22.0. The van der Waals surface area contributed by atoms with Gasteiger partial charge in [0, 0.05) is 10.4 Å². The Bertz CT molecular complexity index is 1120. The minimum Gasteiger partial charge on any atom is -0.507 e. The van der Waals surface area contributed by atoms with E-state index in [0.717, 1.165) is 16.0 Å². The molecule has 1 amide bonds. The third kappa shape index (κ3) is 4.11. The first-order valence-corrected chi connectivity index (χ1v) is 11.0. The first-order valence-electron chi connectivity index (χ1n) is 10.1. The molecule has 158 valence electrons. The number of carbonyl (C=O) groups excluding carboxylic acids is 2. The number of hydrogen-bond acceptors (Lipinski definition) is 5. The largest absolute Gasteiger partial charge is 0.507 e. The Morgan fingerprint density at radius 1 is 1.06 bits per heavy atom. The van der Waals surface area contributed by atoms with Crippen molar-refractivity contribution in [2.24, 2.45) is 0 Å². The molecule has 1 aliphatic heterocycles. The van der Waals surface area contributed by atoms with Gasteiger partial charge >= 0.3 is 0 Å². The molecule has 4 rings (SSSR count). The highest BCUT2D eigenvalue weighted by atomic mass is 32.1. The highest BCUT2D eigenvalue weighted by Gasteiger charge is 2.46. The molecule has 2 heterocycles. The van der Waals surface area contributed by atoms with Gasteiger partial charge < -0.3 is 14.7 Å². The lowest BCUT2D eigenvalue weighted by atomic mass is 9.94. The summed E-state index contributed by atoms with van der Waals surface area (Å²) < 4.78 is 5.46. The highest BCUT2D eigenvalue weighted by Crippen LogP contribution is 2.40. The zero-order valence-electron chi connectivity index (χ0n) is 17.4. The second-order valence-electron chi connectivity index (χ2n) is 7.37. The molecule has 0 spiro atoms. The fraction of sp³-hybridized carbons (Fsp3) is 0.200. The number of ether oxygens (including phenoxy) is 1. The number of benzene rings is 2. The Kier molecular flexibility index (Phi) is 5.91. The minimum absolute atomic E-state index is 0.106. The van der Waals surface area contributed by atoms with Crippen molar-refractivity contribution in [2.75, 3.05) is 6.61 Å². The summed E-state index contributed by atoms with van der Waals surface area (Å²) in [6.45, 7) is 4.71. The van der Waals surface area contributed by atoms with Gasteiger partial charge in [-0.1, -0.05) is 35.9 Å². The van der Waals surface area contributed by atoms with Crippen LogP contribution in [0.25, 0.3) is 5.76 Å². The molecule has 1 N–H and O–H groups in total. The number of aryl methyl sites for hydroxylation is 1. The highest BCUT2D eigenvalue weighted by molar-refractivity contribution is 7.09. The van der Waals surface area contributed by atoms with E-state index in [2.05, 4.69) is 0 Å².